The Morgan fingerprint density at radius 1 is 1.00 bits per heavy atom. The normalized spacial score (nSPS) is 10.4. The maximum Gasteiger partial charge on any atom is 0.230 e. The summed E-state index contributed by atoms with van der Waals surface area (Å²) in [6.45, 7) is 5.94. The van der Waals surface area contributed by atoms with E-state index in [0.717, 1.165) is 10.8 Å². The molecule has 2 amide bonds. The number of benzene rings is 2. The smallest absolute Gasteiger partial charge is 0.230 e. The van der Waals surface area contributed by atoms with E-state index >= 15 is 0 Å². The Hall–Kier alpha value is -3.19. The van der Waals surface area contributed by atoms with E-state index in [4.69, 9.17) is 4.74 Å². The minimum Gasteiger partial charge on any atom is -0.486 e. The van der Waals surface area contributed by atoms with Crippen molar-refractivity contribution in [3.8, 4) is 5.75 Å². The number of hydrogen-bond acceptors (Lipinski definition) is 5. The van der Waals surface area contributed by atoms with Crippen LogP contribution in [0.3, 0.4) is 0 Å². The van der Waals surface area contributed by atoms with Gasteiger partial charge in [0.1, 0.15) is 17.4 Å². The molecule has 1 heterocycles. The molecule has 3 aromatic rings. The zero-order chi connectivity index (χ0) is 20.8. The van der Waals surface area contributed by atoms with Crippen LogP contribution in [0.1, 0.15) is 28.8 Å². The fourth-order valence-corrected chi connectivity index (χ4v) is 3.36. The van der Waals surface area contributed by atoms with Crippen molar-refractivity contribution in [2.24, 2.45) is 0 Å². The standard InChI is InChI=1S/C22H23N3O3S/c1-14-4-9-20(10-15(14)2)28-12-22-25-19(13-29-22)11-21(27)24-18-7-5-17(6-8-18)23-16(3)26/h4-10,13H,11-12H2,1-3H3,(H,23,26)(H,24,27). The van der Waals surface area contributed by atoms with Crippen LogP contribution in [0, 0.1) is 13.8 Å². The second kappa shape index (κ2) is 9.34. The SMILES string of the molecule is CC(=O)Nc1ccc(NC(=O)Cc2csc(COc3ccc(C)c(C)c3)n2)cc1. The Kier molecular flexibility index (Phi) is 6.61. The van der Waals surface area contributed by atoms with Crippen molar-refractivity contribution < 1.29 is 14.3 Å². The molecular weight excluding hydrogens is 386 g/mol. The van der Waals surface area contributed by atoms with Gasteiger partial charge in [0.15, 0.2) is 0 Å². The van der Waals surface area contributed by atoms with Gasteiger partial charge in [-0.05, 0) is 61.4 Å². The molecule has 0 aliphatic heterocycles. The average Bonchev–Trinajstić information content (AvgIpc) is 3.11. The first kappa shape index (κ1) is 20.5. The van der Waals surface area contributed by atoms with E-state index < -0.39 is 0 Å². The Bertz CT molecular complexity index is 1010. The van der Waals surface area contributed by atoms with E-state index in [2.05, 4.69) is 29.5 Å². The minimum atomic E-state index is -0.149. The lowest BCUT2D eigenvalue weighted by Crippen LogP contribution is -2.14. The number of anilines is 2. The number of thiazole rings is 1. The molecule has 0 fully saturated rings. The molecule has 0 radical (unpaired) electrons. The van der Waals surface area contributed by atoms with Crippen LogP contribution in [0.5, 0.6) is 5.75 Å². The molecule has 1 aromatic heterocycles. The Labute approximate surface area is 173 Å². The number of aryl methyl sites for hydroxylation is 2. The second-order valence-corrected chi connectivity index (χ2v) is 7.69. The van der Waals surface area contributed by atoms with Crippen LogP contribution in [0.2, 0.25) is 0 Å². The first-order valence-corrected chi connectivity index (χ1v) is 10.1. The second-order valence-electron chi connectivity index (χ2n) is 6.75. The van der Waals surface area contributed by atoms with Crippen LogP contribution >= 0.6 is 11.3 Å². The van der Waals surface area contributed by atoms with Crippen LogP contribution in [-0.2, 0) is 22.6 Å². The van der Waals surface area contributed by atoms with Gasteiger partial charge in [0.05, 0.1) is 12.1 Å². The van der Waals surface area contributed by atoms with Gasteiger partial charge >= 0.3 is 0 Å². The lowest BCUT2D eigenvalue weighted by atomic mass is 10.1. The molecule has 2 aromatic carbocycles. The number of amides is 2. The van der Waals surface area contributed by atoms with Gasteiger partial charge in [-0.3, -0.25) is 9.59 Å². The molecule has 0 saturated carbocycles. The van der Waals surface area contributed by atoms with E-state index in [0.29, 0.717) is 23.7 Å². The van der Waals surface area contributed by atoms with Crippen molar-refractivity contribution in [2.75, 3.05) is 10.6 Å². The van der Waals surface area contributed by atoms with Gasteiger partial charge in [0, 0.05) is 23.7 Å². The summed E-state index contributed by atoms with van der Waals surface area (Å²) >= 11 is 1.48. The fraction of sp³-hybridized carbons (Fsp3) is 0.227. The molecule has 0 saturated heterocycles. The van der Waals surface area contributed by atoms with E-state index in [1.165, 1.54) is 29.4 Å². The van der Waals surface area contributed by atoms with Crippen LogP contribution in [0.15, 0.2) is 47.8 Å². The van der Waals surface area contributed by atoms with Crippen molar-refractivity contribution in [2.45, 2.75) is 33.8 Å². The topological polar surface area (TPSA) is 80.3 Å². The number of carbonyl (C=O) groups is 2. The predicted molar refractivity (Wildman–Crippen MR) is 115 cm³/mol. The molecule has 2 N–H and O–H groups in total. The highest BCUT2D eigenvalue weighted by atomic mass is 32.1. The predicted octanol–water partition coefficient (Wildman–Crippen LogP) is 4.48. The van der Waals surface area contributed by atoms with Gasteiger partial charge in [-0.2, -0.15) is 0 Å². The molecule has 29 heavy (non-hydrogen) atoms. The number of nitrogens with one attached hydrogen (secondary N) is 2. The third-order valence-corrected chi connectivity index (χ3v) is 5.14. The summed E-state index contributed by atoms with van der Waals surface area (Å²) in [4.78, 5) is 27.8. The number of ether oxygens (including phenoxy) is 1. The number of rotatable bonds is 7. The van der Waals surface area contributed by atoms with Gasteiger partial charge < -0.3 is 15.4 Å². The van der Waals surface area contributed by atoms with Crippen molar-refractivity contribution in [3.63, 3.8) is 0 Å². The summed E-state index contributed by atoms with van der Waals surface area (Å²) in [6, 6.07) is 12.9. The molecule has 0 spiro atoms. The highest BCUT2D eigenvalue weighted by molar-refractivity contribution is 7.09. The van der Waals surface area contributed by atoms with Crippen molar-refractivity contribution in [1.82, 2.24) is 4.98 Å². The lowest BCUT2D eigenvalue weighted by Gasteiger charge is -2.07. The van der Waals surface area contributed by atoms with Gasteiger partial charge in [0.2, 0.25) is 11.8 Å². The zero-order valence-corrected chi connectivity index (χ0v) is 17.4. The maximum absolute atomic E-state index is 12.3. The Morgan fingerprint density at radius 2 is 1.69 bits per heavy atom. The van der Waals surface area contributed by atoms with E-state index in [-0.39, 0.29) is 18.2 Å². The van der Waals surface area contributed by atoms with E-state index in [9.17, 15) is 9.59 Å². The molecule has 7 heteroatoms. The van der Waals surface area contributed by atoms with Gasteiger partial charge in [-0.1, -0.05) is 6.07 Å². The summed E-state index contributed by atoms with van der Waals surface area (Å²) in [7, 11) is 0. The summed E-state index contributed by atoms with van der Waals surface area (Å²) in [5.41, 5.74) is 4.47. The molecular formula is C22H23N3O3S. The van der Waals surface area contributed by atoms with Gasteiger partial charge in [-0.15, -0.1) is 11.3 Å². The summed E-state index contributed by atoms with van der Waals surface area (Å²) < 4.78 is 5.80. The third-order valence-electron chi connectivity index (χ3n) is 4.27. The average molecular weight is 410 g/mol. The number of nitrogens with zero attached hydrogens (tertiary/aromatic N) is 1. The maximum atomic E-state index is 12.3. The van der Waals surface area contributed by atoms with Crippen molar-refractivity contribution in [1.29, 1.82) is 0 Å². The molecule has 150 valence electrons. The quantitative estimate of drug-likeness (QED) is 0.603. The first-order valence-electron chi connectivity index (χ1n) is 9.20. The van der Waals surface area contributed by atoms with Crippen LogP contribution in [-0.4, -0.2) is 16.8 Å². The number of hydrogen-bond donors (Lipinski definition) is 2. The highest BCUT2D eigenvalue weighted by Crippen LogP contribution is 2.19. The monoisotopic (exact) mass is 409 g/mol. The van der Waals surface area contributed by atoms with Gasteiger partial charge in [-0.25, -0.2) is 4.98 Å². The van der Waals surface area contributed by atoms with Crippen molar-refractivity contribution in [3.05, 3.63) is 69.7 Å². The van der Waals surface area contributed by atoms with Crippen LogP contribution in [0.25, 0.3) is 0 Å². The van der Waals surface area contributed by atoms with Crippen LogP contribution < -0.4 is 15.4 Å². The number of carbonyl (C=O) groups excluding carboxylic acids is 2. The van der Waals surface area contributed by atoms with Crippen molar-refractivity contribution >= 4 is 34.5 Å². The lowest BCUT2D eigenvalue weighted by molar-refractivity contribution is -0.116. The molecule has 6 nitrogen and oxygen atoms in total. The van der Waals surface area contributed by atoms with E-state index in [1.807, 2.05) is 23.6 Å². The summed E-state index contributed by atoms with van der Waals surface area (Å²) in [5, 5.41) is 8.21. The Morgan fingerprint density at radius 3 is 2.34 bits per heavy atom. The Balaban J connectivity index is 1.50. The largest absolute Gasteiger partial charge is 0.486 e. The first-order chi connectivity index (χ1) is 13.9. The van der Waals surface area contributed by atoms with Gasteiger partial charge in [0.25, 0.3) is 0 Å². The molecule has 0 bridgehead atoms. The van der Waals surface area contributed by atoms with E-state index in [1.54, 1.807) is 24.3 Å². The minimum absolute atomic E-state index is 0.136. The molecule has 0 unspecified atom stereocenters. The molecule has 0 aliphatic carbocycles. The molecule has 3 rings (SSSR count). The highest BCUT2D eigenvalue weighted by Gasteiger charge is 2.09. The third kappa shape index (κ3) is 6.15. The number of aromatic nitrogens is 1. The molecule has 0 aliphatic rings. The fourth-order valence-electron chi connectivity index (χ4n) is 2.66. The van der Waals surface area contributed by atoms with Crippen LogP contribution in [0.4, 0.5) is 11.4 Å². The zero-order valence-electron chi connectivity index (χ0n) is 16.6. The summed E-state index contributed by atoms with van der Waals surface area (Å²) in [6.07, 6.45) is 0.188. The summed E-state index contributed by atoms with van der Waals surface area (Å²) in [5.74, 6) is 0.525. The molecule has 0 atom stereocenters.